The van der Waals surface area contributed by atoms with Gasteiger partial charge in [-0.1, -0.05) is 12.1 Å². The predicted molar refractivity (Wildman–Crippen MR) is 68.7 cm³/mol. The minimum atomic E-state index is -0.269. The number of carbonyl (C=O) groups is 1. The summed E-state index contributed by atoms with van der Waals surface area (Å²) in [5.41, 5.74) is 6.91. The quantitative estimate of drug-likeness (QED) is 0.854. The minimum absolute atomic E-state index is 0.267. The van der Waals surface area contributed by atoms with Crippen molar-refractivity contribution in [3.05, 3.63) is 36.2 Å². The van der Waals surface area contributed by atoms with Gasteiger partial charge in [-0.05, 0) is 12.1 Å². The lowest BCUT2D eigenvalue weighted by atomic mass is 10.2. The van der Waals surface area contributed by atoms with E-state index >= 15 is 0 Å². The number of para-hydroxylation sites is 2. The monoisotopic (exact) mass is 246 g/mol. The first kappa shape index (κ1) is 12.0. The first-order valence-electron chi connectivity index (χ1n) is 5.35. The number of rotatable bonds is 3. The van der Waals surface area contributed by atoms with Crippen LogP contribution in [0.3, 0.4) is 0 Å². The van der Waals surface area contributed by atoms with E-state index in [0.29, 0.717) is 17.1 Å². The number of anilines is 2. The van der Waals surface area contributed by atoms with Crippen LogP contribution in [-0.2, 0) is 0 Å². The third kappa shape index (κ3) is 2.00. The predicted octanol–water partition coefficient (Wildman–Crippen LogP) is 1.28. The van der Waals surface area contributed by atoms with Crippen LogP contribution >= 0.6 is 0 Å². The van der Waals surface area contributed by atoms with Crippen molar-refractivity contribution in [3.8, 4) is 5.75 Å². The third-order valence-corrected chi connectivity index (χ3v) is 2.63. The minimum Gasteiger partial charge on any atom is -0.495 e. The van der Waals surface area contributed by atoms with Crippen LogP contribution in [0, 0.1) is 0 Å². The molecule has 0 aliphatic heterocycles. The molecule has 0 spiro atoms. The second kappa shape index (κ2) is 4.79. The molecular formula is C12H14N4O2. The average Bonchev–Trinajstić information content (AvgIpc) is 2.83. The standard InChI is InChI=1S/C12H14N4O2/c1-16(9-5-3-4-6-10(9)18-2)12(17)11-8(13)7-14-15-11/h3-7H,13H2,1-2H3,(H,14,15). The largest absolute Gasteiger partial charge is 0.495 e. The number of hydrogen-bond donors (Lipinski definition) is 2. The van der Waals surface area contributed by atoms with Gasteiger partial charge in [-0.3, -0.25) is 9.89 Å². The lowest BCUT2D eigenvalue weighted by Gasteiger charge is -2.19. The Bertz CT molecular complexity index is 565. The van der Waals surface area contributed by atoms with E-state index in [1.54, 1.807) is 26.3 Å². The molecular weight excluding hydrogens is 232 g/mol. The number of methoxy groups -OCH3 is 1. The Hall–Kier alpha value is -2.50. The molecule has 1 amide bonds. The maximum Gasteiger partial charge on any atom is 0.278 e. The number of ether oxygens (including phenoxy) is 1. The van der Waals surface area contributed by atoms with Gasteiger partial charge in [-0.25, -0.2) is 0 Å². The van der Waals surface area contributed by atoms with Gasteiger partial charge in [-0.15, -0.1) is 0 Å². The van der Waals surface area contributed by atoms with E-state index in [0.717, 1.165) is 0 Å². The van der Waals surface area contributed by atoms with Crippen LogP contribution in [-0.4, -0.2) is 30.3 Å². The highest BCUT2D eigenvalue weighted by Gasteiger charge is 2.20. The summed E-state index contributed by atoms with van der Waals surface area (Å²) in [5, 5.41) is 6.32. The summed E-state index contributed by atoms with van der Waals surface area (Å²) in [6, 6.07) is 7.25. The molecule has 6 nitrogen and oxygen atoms in total. The van der Waals surface area contributed by atoms with Gasteiger partial charge in [0.25, 0.3) is 5.91 Å². The van der Waals surface area contributed by atoms with Crippen LogP contribution in [0.4, 0.5) is 11.4 Å². The van der Waals surface area contributed by atoms with Crippen LogP contribution in [0.2, 0.25) is 0 Å². The highest BCUT2D eigenvalue weighted by atomic mass is 16.5. The summed E-state index contributed by atoms with van der Waals surface area (Å²) in [5.74, 6) is 0.348. The molecule has 1 aromatic heterocycles. The summed E-state index contributed by atoms with van der Waals surface area (Å²) in [4.78, 5) is 13.7. The number of nitrogen functional groups attached to an aromatic ring is 1. The molecule has 0 fully saturated rings. The van der Waals surface area contributed by atoms with Crippen LogP contribution in [0.5, 0.6) is 5.75 Å². The lowest BCUT2D eigenvalue weighted by Crippen LogP contribution is -2.27. The van der Waals surface area contributed by atoms with E-state index < -0.39 is 0 Å². The highest BCUT2D eigenvalue weighted by molar-refractivity contribution is 6.08. The first-order valence-corrected chi connectivity index (χ1v) is 5.35. The molecule has 0 unspecified atom stereocenters. The molecule has 0 atom stereocenters. The van der Waals surface area contributed by atoms with Crippen molar-refractivity contribution >= 4 is 17.3 Å². The normalized spacial score (nSPS) is 10.1. The topological polar surface area (TPSA) is 84.2 Å². The summed E-state index contributed by atoms with van der Waals surface area (Å²) in [7, 11) is 3.21. The number of amides is 1. The maximum atomic E-state index is 12.2. The van der Waals surface area contributed by atoms with Crippen molar-refractivity contribution in [3.63, 3.8) is 0 Å². The number of nitrogens with one attached hydrogen (secondary N) is 1. The van der Waals surface area contributed by atoms with E-state index in [9.17, 15) is 4.79 Å². The van der Waals surface area contributed by atoms with E-state index in [4.69, 9.17) is 10.5 Å². The molecule has 1 heterocycles. The van der Waals surface area contributed by atoms with Crippen LogP contribution < -0.4 is 15.4 Å². The fraction of sp³-hybridized carbons (Fsp3) is 0.167. The van der Waals surface area contributed by atoms with Gasteiger partial charge in [0.1, 0.15) is 11.4 Å². The Kier molecular flexibility index (Phi) is 3.18. The molecule has 2 aromatic rings. The Morgan fingerprint density at radius 3 is 2.78 bits per heavy atom. The molecule has 94 valence electrons. The molecule has 3 N–H and O–H groups in total. The van der Waals surface area contributed by atoms with E-state index in [-0.39, 0.29) is 11.6 Å². The zero-order valence-electron chi connectivity index (χ0n) is 10.2. The average molecular weight is 246 g/mol. The van der Waals surface area contributed by atoms with Crippen molar-refractivity contribution in [2.24, 2.45) is 0 Å². The molecule has 0 aliphatic rings. The Balaban J connectivity index is 2.34. The van der Waals surface area contributed by atoms with E-state index in [2.05, 4.69) is 10.2 Å². The molecule has 6 heteroatoms. The Morgan fingerprint density at radius 2 is 2.17 bits per heavy atom. The molecule has 0 radical (unpaired) electrons. The van der Waals surface area contributed by atoms with Crippen molar-refractivity contribution < 1.29 is 9.53 Å². The number of benzene rings is 1. The smallest absolute Gasteiger partial charge is 0.278 e. The van der Waals surface area contributed by atoms with Crippen LogP contribution in [0.1, 0.15) is 10.5 Å². The van der Waals surface area contributed by atoms with Crippen LogP contribution in [0.15, 0.2) is 30.5 Å². The van der Waals surface area contributed by atoms with Crippen molar-refractivity contribution in [1.29, 1.82) is 0 Å². The molecule has 0 aliphatic carbocycles. The summed E-state index contributed by atoms with van der Waals surface area (Å²) >= 11 is 0. The maximum absolute atomic E-state index is 12.2. The van der Waals surface area contributed by atoms with Gasteiger partial charge >= 0.3 is 0 Å². The first-order chi connectivity index (χ1) is 8.65. The third-order valence-electron chi connectivity index (χ3n) is 2.63. The van der Waals surface area contributed by atoms with Gasteiger partial charge < -0.3 is 15.4 Å². The fourth-order valence-electron chi connectivity index (χ4n) is 1.65. The van der Waals surface area contributed by atoms with Crippen molar-refractivity contribution in [2.45, 2.75) is 0 Å². The Morgan fingerprint density at radius 1 is 1.44 bits per heavy atom. The van der Waals surface area contributed by atoms with Crippen LogP contribution in [0.25, 0.3) is 0 Å². The number of H-pyrrole nitrogens is 1. The number of nitrogens with zero attached hydrogens (tertiary/aromatic N) is 2. The summed E-state index contributed by atoms with van der Waals surface area (Å²) < 4.78 is 5.21. The molecule has 0 saturated carbocycles. The van der Waals surface area contributed by atoms with Gasteiger partial charge in [0, 0.05) is 7.05 Å². The molecule has 0 bridgehead atoms. The molecule has 1 aromatic carbocycles. The summed E-state index contributed by atoms with van der Waals surface area (Å²) in [6.07, 6.45) is 1.41. The van der Waals surface area contributed by atoms with Gasteiger partial charge in [0.15, 0.2) is 0 Å². The SMILES string of the molecule is COc1ccccc1N(C)C(=O)c1[nH]ncc1N. The highest BCUT2D eigenvalue weighted by Crippen LogP contribution is 2.27. The molecule has 2 rings (SSSR count). The lowest BCUT2D eigenvalue weighted by molar-refractivity contribution is 0.0988. The Labute approximate surface area is 104 Å². The number of aromatic amines is 1. The van der Waals surface area contributed by atoms with E-state index in [1.165, 1.54) is 11.1 Å². The number of hydrogen-bond acceptors (Lipinski definition) is 4. The van der Waals surface area contributed by atoms with Gasteiger partial charge in [-0.2, -0.15) is 5.10 Å². The number of aromatic nitrogens is 2. The second-order valence-corrected chi connectivity index (χ2v) is 3.74. The fourth-order valence-corrected chi connectivity index (χ4v) is 1.65. The zero-order chi connectivity index (χ0) is 13.1. The molecule has 0 saturated heterocycles. The van der Waals surface area contributed by atoms with Crippen molar-refractivity contribution in [2.75, 3.05) is 24.8 Å². The second-order valence-electron chi connectivity index (χ2n) is 3.74. The van der Waals surface area contributed by atoms with Gasteiger partial charge in [0.2, 0.25) is 0 Å². The van der Waals surface area contributed by atoms with E-state index in [1.807, 2.05) is 12.1 Å². The number of nitrogens with two attached hydrogens (primary N) is 1. The van der Waals surface area contributed by atoms with Gasteiger partial charge in [0.05, 0.1) is 24.7 Å². The summed E-state index contributed by atoms with van der Waals surface area (Å²) in [6.45, 7) is 0. The number of carbonyl (C=O) groups excluding carboxylic acids is 1. The van der Waals surface area contributed by atoms with Crippen molar-refractivity contribution in [1.82, 2.24) is 10.2 Å². The zero-order valence-corrected chi connectivity index (χ0v) is 10.2. The molecule has 18 heavy (non-hydrogen) atoms.